The number of amidine groups is 1. The highest BCUT2D eigenvalue weighted by molar-refractivity contribution is 5.86. The molecule has 3 nitrogen and oxygen atoms in total. The van der Waals surface area contributed by atoms with Crippen LogP contribution in [-0.2, 0) is 0 Å². The van der Waals surface area contributed by atoms with Crippen molar-refractivity contribution < 1.29 is 4.74 Å². The van der Waals surface area contributed by atoms with Gasteiger partial charge in [0.2, 0.25) is 0 Å². The molecule has 0 amide bonds. The van der Waals surface area contributed by atoms with Gasteiger partial charge >= 0.3 is 0 Å². The Kier molecular flexibility index (Phi) is 13.5. The molecule has 0 fully saturated rings. The zero-order chi connectivity index (χ0) is 15.3. The fraction of sp³-hybridized carbons (Fsp3) is 0.562. The van der Waals surface area contributed by atoms with Crippen LogP contribution in [0.5, 0.6) is 5.75 Å². The zero-order valence-corrected chi connectivity index (χ0v) is 13.7. The van der Waals surface area contributed by atoms with Gasteiger partial charge in [-0.2, -0.15) is 0 Å². The van der Waals surface area contributed by atoms with Crippen molar-refractivity contribution in [2.45, 2.75) is 47.6 Å². The number of nitrogens with one attached hydrogen (secondary N) is 1. The van der Waals surface area contributed by atoms with Crippen molar-refractivity contribution in [2.75, 3.05) is 14.1 Å². The first-order valence-corrected chi connectivity index (χ1v) is 7.05. The third kappa shape index (κ3) is 7.50. The van der Waals surface area contributed by atoms with E-state index in [0.29, 0.717) is 0 Å². The molecule has 110 valence electrons. The normalized spacial score (nSPS) is 11.3. The third-order valence-corrected chi connectivity index (χ3v) is 2.28. The Balaban J connectivity index is 0. The molecule has 1 aromatic rings. The van der Waals surface area contributed by atoms with Gasteiger partial charge in [0.15, 0.2) is 6.10 Å². The zero-order valence-electron chi connectivity index (χ0n) is 13.7. The molecule has 0 aliphatic carbocycles. The lowest BCUT2D eigenvalue weighted by atomic mass is 10.2. The molecular formula is C16H30N2O. The minimum Gasteiger partial charge on any atom is -0.483 e. The first kappa shape index (κ1) is 19.8. The number of para-hydroxylation sites is 1. The highest BCUT2D eigenvalue weighted by Gasteiger charge is 2.10. The summed E-state index contributed by atoms with van der Waals surface area (Å²) >= 11 is 0. The summed E-state index contributed by atoms with van der Waals surface area (Å²) in [5.41, 5.74) is 1.14. The summed E-state index contributed by atoms with van der Waals surface area (Å²) in [4.78, 5) is 4.11. The summed E-state index contributed by atoms with van der Waals surface area (Å²) in [7, 11) is 3.60. The van der Waals surface area contributed by atoms with Crippen molar-refractivity contribution in [3.8, 4) is 5.75 Å². The molecule has 1 atom stereocenters. The van der Waals surface area contributed by atoms with E-state index in [2.05, 4.69) is 10.3 Å². The maximum atomic E-state index is 5.80. The lowest BCUT2D eigenvalue weighted by molar-refractivity contribution is 0.281. The van der Waals surface area contributed by atoms with Crippen LogP contribution in [0.1, 0.15) is 40.2 Å². The minimum atomic E-state index is -0.0545. The molecule has 0 radical (unpaired) electrons. The van der Waals surface area contributed by atoms with Gasteiger partial charge in [0, 0.05) is 14.1 Å². The van der Waals surface area contributed by atoms with Crippen molar-refractivity contribution in [3.63, 3.8) is 0 Å². The maximum Gasteiger partial charge on any atom is 0.152 e. The standard InChI is InChI=1S/C12H18N2O.2C2H6/c1-9-7-5-6-8-11(9)15-10(2)12(13-3)14-4;2*1-2/h5-8,10H,1-4H3,(H,13,14);2*1-2H3. The van der Waals surface area contributed by atoms with Crippen molar-refractivity contribution in [1.82, 2.24) is 5.32 Å². The molecule has 0 saturated carbocycles. The topological polar surface area (TPSA) is 33.6 Å². The van der Waals surface area contributed by atoms with E-state index in [1.165, 1.54) is 0 Å². The summed E-state index contributed by atoms with van der Waals surface area (Å²) in [5.74, 6) is 1.75. The molecule has 0 spiro atoms. The van der Waals surface area contributed by atoms with Crippen molar-refractivity contribution in [1.29, 1.82) is 0 Å². The number of hydrogen-bond donors (Lipinski definition) is 1. The summed E-state index contributed by atoms with van der Waals surface area (Å²) in [5, 5.41) is 3.02. The highest BCUT2D eigenvalue weighted by Crippen LogP contribution is 2.17. The quantitative estimate of drug-likeness (QED) is 0.661. The van der Waals surface area contributed by atoms with Crippen molar-refractivity contribution >= 4 is 5.84 Å². The summed E-state index contributed by atoms with van der Waals surface area (Å²) < 4.78 is 5.80. The van der Waals surface area contributed by atoms with Crippen LogP contribution in [0.3, 0.4) is 0 Å². The van der Waals surface area contributed by atoms with Gasteiger partial charge < -0.3 is 10.1 Å². The number of ether oxygens (including phenoxy) is 1. The van der Waals surface area contributed by atoms with Crippen molar-refractivity contribution in [3.05, 3.63) is 29.8 Å². The Morgan fingerprint density at radius 3 is 2.11 bits per heavy atom. The number of hydrogen-bond acceptors (Lipinski definition) is 2. The van der Waals surface area contributed by atoms with Gasteiger partial charge in [-0.25, -0.2) is 0 Å². The number of likely N-dealkylation sites (N-methyl/N-ethyl adjacent to an activating group) is 1. The highest BCUT2D eigenvalue weighted by atomic mass is 16.5. The molecule has 0 aromatic heterocycles. The van der Waals surface area contributed by atoms with Gasteiger partial charge in [0.1, 0.15) is 11.6 Å². The van der Waals surface area contributed by atoms with E-state index in [4.69, 9.17) is 4.74 Å². The Morgan fingerprint density at radius 1 is 1.16 bits per heavy atom. The lowest BCUT2D eigenvalue weighted by Crippen LogP contribution is -2.34. The number of rotatable bonds is 3. The second-order valence-electron chi connectivity index (χ2n) is 3.38. The largest absolute Gasteiger partial charge is 0.483 e. The van der Waals surface area contributed by atoms with E-state index in [9.17, 15) is 0 Å². The Hall–Kier alpha value is -1.51. The SMILES string of the molecule is CC.CC.CN=C(NC)C(C)Oc1ccccc1C. The number of aryl methyl sites for hydroxylation is 1. The smallest absolute Gasteiger partial charge is 0.152 e. The first-order valence-electron chi connectivity index (χ1n) is 7.05. The van der Waals surface area contributed by atoms with Crippen LogP contribution in [0, 0.1) is 6.92 Å². The fourth-order valence-electron chi connectivity index (χ4n) is 1.43. The molecule has 0 bridgehead atoms. The van der Waals surface area contributed by atoms with Gasteiger partial charge in [0.05, 0.1) is 0 Å². The van der Waals surface area contributed by atoms with E-state index in [0.717, 1.165) is 17.1 Å². The molecule has 1 aromatic carbocycles. The summed E-state index contributed by atoms with van der Waals surface area (Å²) in [6.45, 7) is 12.0. The van der Waals surface area contributed by atoms with Crippen LogP contribution in [0.15, 0.2) is 29.3 Å². The predicted octanol–water partition coefficient (Wildman–Crippen LogP) is 4.06. The van der Waals surface area contributed by atoms with E-state index in [1.54, 1.807) is 7.05 Å². The van der Waals surface area contributed by atoms with Crippen molar-refractivity contribution in [2.24, 2.45) is 4.99 Å². The molecule has 0 aliphatic rings. The van der Waals surface area contributed by atoms with E-state index in [1.807, 2.05) is 72.9 Å². The Labute approximate surface area is 119 Å². The van der Waals surface area contributed by atoms with E-state index < -0.39 is 0 Å². The molecule has 0 heterocycles. The molecule has 0 saturated heterocycles. The van der Waals surface area contributed by atoms with Crippen LogP contribution >= 0.6 is 0 Å². The minimum absolute atomic E-state index is 0.0545. The summed E-state index contributed by atoms with van der Waals surface area (Å²) in [6.07, 6.45) is -0.0545. The fourth-order valence-corrected chi connectivity index (χ4v) is 1.43. The monoisotopic (exact) mass is 266 g/mol. The third-order valence-electron chi connectivity index (χ3n) is 2.28. The summed E-state index contributed by atoms with van der Waals surface area (Å²) in [6, 6.07) is 7.97. The predicted molar refractivity (Wildman–Crippen MR) is 86.4 cm³/mol. The maximum absolute atomic E-state index is 5.80. The number of aliphatic imine (C=N–C) groups is 1. The molecule has 1 rings (SSSR count). The average molecular weight is 266 g/mol. The van der Waals surface area contributed by atoms with Gasteiger partial charge in [-0.3, -0.25) is 4.99 Å². The molecule has 1 unspecified atom stereocenters. The number of nitrogens with zero attached hydrogens (tertiary/aromatic N) is 1. The molecule has 3 heteroatoms. The van der Waals surface area contributed by atoms with Gasteiger partial charge in [-0.05, 0) is 25.5 Å². The van der Waals surface area contributed by atoms with E-state index >= 15 is 0 Å². The second-order valence-corrected chi connectivity index (χ2v) is 3.38. The molecule has 19 heavy (non-hydrogen) atoms. The van der Waals surface area contributed by atoms with Crippen LogP contribution in [0.25, 0.3) is 0 Å². The van der Waals surface area contributed by atoms with Gasteiger partial charge in [-0.15, -0.1) is 0 Å². The molecular weight excluding hydrogens is 236 g/mol. The second kappa shape index (κ2) is 12.9. The first-order chi connectivity index (χ1) is 9.19. The Bertz CT molecular complexity index is 348. The van der Waals surface area contributed by atoms with Gasteiger partial charge in [-0.1, -0.05) is 45.9 Å². The van der Waals surface area contributed by atoms with Crippen LogP contribution in [0.2, 0.25) is 0 Å². The van der Waals surface area contributed by atoms with Crippen LogP contribution in [0.4, 0.5) is 0 Å². The number of benzene rings is 1. The van der Waals surface area contributed by atoms with Crippen LogP contribution < -0.4 is 10.1 Å². The molecule has 0 aliphatic heterocycles. The van der Waals surface area contributed by atoms with Crippen LogP contribution in [-0.4, -0.2) is 26.0 Å². The van der Waals surface area contributed by atoms with E-state index in [-0.39, 0.29) is 6.10 Å². The average Bonchev–Trinajstić information content (AvgIpc) is 2.47. The van der Waals surface area contributed by atoms with Gasteiger partial charge in [0.25, 0.3) is 0 Å². The Morgan fingerprint density at radius 2 is 1.68 bits per heavy atom. The molecule has 1 N–H and O–H groups in total. The lowest BCUT2D eigenvalue weighted by Gasteiger charge is -2.17.